The van der Waals surface area contributed by atoms with E-state index in [0.717, 1.165) is 15.7 Å². The van der Waals surface area contributed by atoms with E-state index in [-0.39, 0.29) is 6.04 Å². The van der Waals surface area contributed by atoms with Crippen LogP contribution in [0.1, 0.15) is 23.5 Å². The number of nitrogens with zero attached hydrogens (tertiary/aromatic N) is 3. The summed E-state index contributed by atoms with van der Waals surface area (Å²) in [5.41, 5.74) is 0.935. The van der Waals surface area contributed by atoms with Crippen molar-refractivity contribution in [1.82, 2.24) is 4.98 Å². The molecule has 76 valence electrons. The van der Waals surface area contributed by atoms with Crippen molar-refractivity contribution in [3.05, 3.63) is 10.6 Å². The van der Waals surface area contributed by atoms with E-state index in [4.69, 9.17) is 0 Å². The normalized spacial score (nSPS) is 12.0. The number of aromatic nitrogens is 1. The lowest BCUT2D eigenvalue weighted by Crippen LogP contribution is -2.07. The van der Waals surface area contributed by atoms with E-state index >= 15 is 0 Å². The first-order valence-electron chi connectivity index (χ1n) is 4.28. The van der Waals surface area contributed by atoms with Gasteiger partial charge in [0.1, 0.15) is 0 Å². The maximum Gasteiger partial charge on any atom is 0.235 e. The van der Waals surface area contributed by atoms with Gasteiger partial charge in [-0.2, -0.15) is 4.99 Å². The Balaban J connectivity index is 3.03. The van der Waals surface area contributed by atoms with Gasteiger partial charge < -0.3 is 4.90 Å². The minimum atomic E-state index is -0.140. The van der Waals surface area contributed by atoms with Crippen LogP contribution in [0.15, 0.2) is 4.99 Å². The van der Waals surface area contributed by atoms with Crippen LogP contribution in [0, 0.1) is 6.92 Å². The molecule has 1 aromatic rings. The summed E-state index contributed by atoms with van der Waals surface area (Å²) in [6.45, 7) is 3.79. The number of isocyanates is 1. The zero-order valence-electron chi connectivity index (χ0n) is 8.74. The number of thiazole rings is 1. The van der Waals surface area contributed by atoms with Crippen LogP contribution >= 0.6 is 11.3 Å². The van der Waals surface area contributed by atoms with Crippen molar-refractivity contribution in [2.75, 3.05) is 19.0 Å². The molecule has 0 saturated carbocycles. The van der Waals surface area contributed by atoms with Crippen LogP contribution < -0.4 is 4.90 Å². The van der Waals surface area contributed by atoms with Crippen LogP contribution in [0.2, 0.25) is 0 Å². The molecular weight excluding hydrogens is 198 g/mol. The lowest BCUT2D eigenvalue weighted by molar-refractivity contribution is 0.560. The minimum absolute atomic E-state index is 0.140. The summed E-state index contributed by atoms with van der Waals surface area (Å²) < 4.78 is 0. The molecule has 0 N–H and O–H groups in total. The van der Waals surface area contributed by atoms with Crippen LogP contribution in [-0.4, -0.2) is 25.2 Å². The quantitative estimate of drug-likeness (QED) is 0.566. The molecule has 0 aliphatic rings. The molecule has 1 unspecified atom stereocenters. The first-order valence-corrected chi connectivity index (χ1v) is 5.09. The molecule has 1 heterocycles. The predicted molar refractivity (Wildman–Crippen MR) is 57.7 cm³/mol. The molecule has 0 amide bonds. The summed E-state index contributed by atoms with van der Waals surface area (Å²) in [6.07, 6.45) is 1.57. The van der Waals surface area contributed by atoms with E-state index in [9.17, 15) is 4.79 Å². The van der Waals surface area contributed by atoms with Crippen LogP contribution in [-0.2, 0) is 4.79 Å². The van der Waals surface area contributed by atoms with Crippen LogP contribution in [0.4, 0.5) is 5.13 Å². The number of hydrogen-bond donors (Lipinski definition) is 0. The third kappa shape index (κ3) is 2.19. The third-order valence-corrected chi connectivity index (χ3v) is 3.33. The fourth-order valence-corrected chi connectivity index (χ4v) is 2.09. The molecule has 0 spiro atoms. The molecular formula is C9H13N3OS. The molecule has 0 aliphatic carbocycles. The maximum absolute atomic E-state index is 10.1. The van der Waals surface area contributed by atoms with E-state index in [0.29, 0.717) is 0 Å². The molecule has 5 heteroatoms. The second kappa shape index (κ2) is 4.35. The van der Waals surface area contributed by atoms with Crippen molar-refractivity contribution >= 4 is 22.5 Å². The van der Waals surface area contributed by atoms with Crippen molar-refractivity contribution in [1.29, 1.82) is 0 Å². The maximum atomic E-state index is 10.1. The highest BCUT2D eigenvalue weighted by Gasteiger charge is 2.14. The second-order valence-electron chi connectivity index (χ2n) is 3.24. The van der Waals surface area contributed by atoms with Crippen molar-refractivity contribution in [3.63, 3.8) is 0 Å². The van der Waals surface area contributed by atoms with Crippen LogP contribution in [0.3, 0.4) is 0 Å². The Bertz CT molecular complexity index is 366. The van der Waals surface area contributed by atoms with E-state index in [1.54, 1.807) is 17.4 Å². The summed E-state index contributed by atoms with van der Waals surface area (Å²) >= 11 is 1.56. The summed E-state index contributed by atoms with van der Waals surface area (Å²) in [7, 11) is 3.88. The van der Waals surface area contributed by atoms with Gasteiger partial charge in [0.25, 0.3) is 0 Å². The number of anilines is 1. The standard InChI is InChI=1S/C9H13N3OS/c1-6(10-5-13)8-7(2)11-9(14-8)12(3)4/h6H,1-4H3. The Morgan fingerprint density at radius 3 is 2.64 bits per heavy atom. The van der Waals surface area contributed by atoms with Gasteiger partial charge in [0.2, 0.25) is 6.08 Å². The van der Waals surface area contributed by atoms with Crippen molar-refractivity contribution < 1.29 is 4.79 Å². The van der Waals surface area contributed by atoms with E-state index < -0.39 is 0 Å². The average Bonchev–Trinajstić information content (AvgIpc) is 2.48. The van der Waals surface area contributed by atoms with Crippen molar-refractivity contribution in [2.24, 2.45) is 4.99 Å². The first-order chi connectivity index (χ1) is 6.56. The van der Waals surface area contributed by atoms with Gasteiger partial charge >= 0.3 is 0 Å². The Kier molecular flexibility index (Phi) is 3.38. The number of aliphatic imine (C=N–C) groups is 1. The summed E-state index contributed by atoms with van der Waals surface area (Å²) in [6, 6.07) is -0.140. The van der Waals surface area contributed by atoms with E-state index in [2.05, 4.69) is 9.98 Å². The molecule has 0 bridgehead atoms. The molecule has 1 rings (SSSR count). The SMILES string of the molecule is Cc1nc(N(C)C)sc1C(C)N=C=O. The molecule has 1 atom stereocenters. The molecule has 0 saturated heterocycles. The van der Waals surface area contributed by atoms with Gasteiger partial charge in [0.15, 0.2) is 5.13 Å². The van der Waals surface area contributed by atoms with Gasteiger partial charge in [-0.25, -0.2) is 9.78 Å². The third-order valence-electron chi connectivity index (χ3n) is 1.83. The number of carbonyl (C=O) groups excluding carboxylic acids is 1. The average molecular weight is 211 g/mol. The van der Waals surface area contributed by atoms with Crippen molar-refractivity contribution in [2.45, 2.75) is 19.9 Å². The van der Waals surface area contributed by atoms with Gasteiger partial charge in [0, 0.05) is 14.1 Å². The predicted octanol–water partition coefficient (Wildman–Crippen LogP) is 1.91. The zero-order valence-corrected chi connectivity index (χ0v) is 9.55. The van der Waals surface area contributed by atoms with E-state index in [1.807, 2.05) is 32.8 Å². The number of hydrogen-bond acceptors (Lipinski definition) is 5. The van der Waals surface area contributed by atoms with Gasteiger partial charge in [-0.15, -0.1) is 0 Å². The Morgan fingerprint density at radius 2 is 2.21 bits per heavy atom. The van der Waals surface area contributed by atoms with Crippen LogP contribution in [0.25, 0.3) is 0 Å². The fraction of sp³-hybridized carbons (Fsp3) is 0.556. The largest absolute Gasteiger partial charge is 0.354 e. The van der Waals surface area contributed by atoms with Gasteiger partial charge in [-0.1, -0.05) is 11.3 Å². The highest BCUT2D eigenvalue weighted by atomic mass is 32.1. The lowest BCUT2D eigenvalue weighted by Gasteiger charge is -2.05. The summed E-state index contributed by atoms with van der Waals surface area (Å²) in [5, 5.41) is 0.936. The fourth-order valence-electron chi connectivity index (χ4n) is 1.11. The highest BCUT2D eigenvalue weighted by Crippen LogP contribution is 2.31. The first kappa shape index (κ1) is 10.9. The Morgan fingerprint density at radius 1 is 1.57 bits per heavy atom. The monoisotopic (exact) mass is 211 g/mol. The molecule has 14 heavy (non-hydrogen) atoms. The van der Waals surface area contributed by atoms with E-state index in [1.165, 1.54) is 0 Å². The molecule has 0 radical (unpaired) electrons. The number of aryl methyl sites for hydroxylation is 1. The van der Waals surface area contributed by atoms with Gasteiger partial charge in [-0.05, 0) is 13.8 Å². The molecule has 1 aromatic heterocycles. The van der Waals surface area contributed by atoms with Crippen LogP contribution in [0.5, 0.6) is 0 Å². The Hall–Kier alpha value is -1.19. The molecule has 0 fully saturated rings. The smallest absolute Gasteiger partial charge is 0.235 e. The number of rotatable bonds is 3. The lowest BCUT2D eigenvalue weighted by atomic mass is 10.2. The Labute approximate surface area is 87.3 Å². The summed E-state index contributed by atoms with van der Waals surface area (Å²) in [4.78, 5) is 21.1. The molecule has 0 aromatic carbocycles. The molecule has 4 nitrogen and oxygen atoms in total. The summed E-state index contributed by atoms with van der Waals surface area (Å²) in [5.74, 6) is 0. The highest BCUT2D eigenvalue weighted by molar-refractivity contribution is 7.15. The van der Waals surface area contributed by atoms with Gasteiger partial charge in [0.05, 0.1) is 16.6 Å². The second-order valence-corrected chi connectivity index (χ2v) is 4.25. The zero-order chi connectivity index (χ0) is 10.7. The molecule has 0 aliphatic heterocycles. The minimum Gasteiger partial charge on any atom is -0.354 e. The topological polar surface area (TPSA) is 45.6 Å². The van der Waals surface area contributed by atoms with Gasteiger partial charge in [-0.3, -0.25) is 0 Å². The van der Waals surface area contributed by atoms with Crippen molar-refractivity contribution in [3.8, 4) is 0 Å².